The Morgan fingerprint density at radius 3 is 2.78 bits per heavy atom. The van der Waals surface area contributed by atoms with Crippen LogP contribution in [0, 0.1) is 11.8 Å². The average Bonchev–Trinajstić information content (AvgIpc) is 2.38. The van der Waals surface area contributed by atoms with E-state index in [9.17, 15) is 5.11 Å². The summed E-state index contributed by atoms with van der Waals surface area (Å²) in [6.45, 7) is 3.16. The van der Waals surface area contributed by atoms with Crippen molar-refractivity contribution in [3.05, 3.63) is 35.4 Å². The highest BCUT2D eigenvalue weighted by Crippen LogP contribution is 2.14. The predicted molar refractivity (Wildman–Crippen MR) is 72.9 cm³/mol. The molecule has 1 aliphatic rings. The molecule has 1 aromatic carbocycles. The van der Waals surface area contributed by atoms with Gasteiger partial charge in [-0.3, -0.25) is 4.90 Å². The first-order valence-electron chi connectivity index (χ1n) is 6.46. The third-order valence-electron chi connectivity index (χ3n) is 3.18. The summed E-state index contributed by atoms with van der Waals surface area (Å²) >= 11 is 0. The fraction of sp³-hybridized carbons (Fsp3) is 0.467. The lowest BCUT2D eigenvalue weighted by molar-refractivity contribution is 0.0668. The topological polar surface area (TPSA) is 49.5 Å². The van der Waals surface area contributed by atoms with E-state index in [1.807, 2.05) is 12.1 Å². The van der Waals surface area contributed by atoms with Gasteiger partial charge < -0.3 is 10.8 Å². The third kappa shape index (κ3) is 3.85. The van der Waals surface area contributed by atoms with Crippen molar-refractivity contribution in [1.29, 1.82) is 0 Å². The molecule has 96 valence electrons. The van der Waals surface area contributed by atoms with E-state index in [0.29, 0.717) is 6.54 Å². The minimum atomic E-state index is -0.159. The Morgan fingerprint density at radius 1 is 1.33 bits per heavy atom. The Kier molecular flexibility index (Phi) is 4.77. The average molecular weight is 244 g/mol. The van der Waals surface area contributed by atoms with Crippen LogP contribution >= 0.6 is 0 Å². The van der Waals surface area contributed by atoms with Crippen molar-refractivity contribution < 1.29 is 5.11 Å². The molecule has 0 aliphatic carbocycles. The van der Waals surface area contributed by atoms with Crippen LogP contribution in [0.25, 0.3) is 0 Å². The first-order valence-corrected chi connectivity index (χ1v) is 6.46. The Hall–Kier alpha value is -1.34. The molecule has 0 aromatic heterocycles. The second-order valence-corrected chi connectivity index (χ2v) is 4.73. The summed E-state index contributed by atoms with van der Waals surface area (Å²) in [5.74, 6) is 5.86. The summed E-state index contributed by atoms with van der Waals surface area (Å²) in [6, 6.07) is 8.25. The monoisotopic (exact) mass is 244 g/mol. The van der Waals surface area contributed by atoms with E-state index >= 15 is 0 Å². The van der Waals surface area contributed by atoms with E-state index in [2.05, 4.69) is 28.9 Å². The molecule has 18 heavy (non-hydrogen) atoms. The highest BCUT2D eigenvalue weighted by Gasteiger charge is 2.17. The Labute approximate surface area is 109 Å². The molecule has 0 amide bonds. The van der Waals surface area contributed by atoms with Gasteiger partial charge in [-0.05, 0) is 37.1 Å². The first-order chi connectivity index (χ1) is 8.78. The number of likely N-dealkylation sites (tertiary alicyclic amines) is 1. The summed E-state index contributed by atoms with van der Waals surface area (Å²) in [4.78, 5) is 2.30. The van der Waals surface area contributed by atoms with E-state index in [-0.39, 0.29) is 6.10 Å². The zero-order valence-electron chi connectivity index (χ0n) is 10.6. The molecule has 1 unspecified atom stereocenters. The first kappa shape index (κ1) is 13.1. The Morgan fingerprint density at radius 2 is 2.11 bits per heavy atom. The van der Waals surface area contributed by atoms with Crippen LogP contribution in [-0.4, -0.2) is 35.7 Å². The Balaban J connectivity index is 1.93. The summed E-state index contributed by atoms with van der Waals surface area (Å²) in [6.07, 6.45) is 1.86. The van der Waals surface area contributed by atoms with E-state index in [1.165, 1.54) is 5.56 Å². The molecule has 0 saturated carbocycles. The van der Waals surface area contributed by atoms with Crippen molar-refractivity contribution >= 4 is 0 Å². The van der Waals surface area contributed by atoms with Gasteiger partial charge in [0.05, 0.1) is 12.6 Å². The zero-order chi connectivity index (χ0) is 12.8. The maximum absolute atomic E-state index is 9.63. The quantitative estimate of drug-likeness (QED) is 0.762. The van der Waals surface area contributed by atoms with Crippen molar-refractivity contribution in [1.82, 2.24) is 4.90 Å². The highest BCUT2D eigenvalue weighted by atomic mass is 16.3. The molecule has 1 atom stereocenters. The van der Waals surface area contributed by atoms with E-state index in [1.54, 1.807) is 0 Å². The summed E-state index contributed by atoms with van der Waals surface area (Å²) in [5.41, 5.74) is 7.61. The van der Waals surface area contributed by atoms with Gasteiger partial charge in [-0.25, -0.2) is 0 Å². The molecule has 0 radical (unpaired) electrons. The van der Waals surface area contributed by atoms with Crippen molar-refractivity contribution in [2.24, 2.45) is 5.73 Å². The smallest absolute Gasteiger partial charge is 0.0667 e. The van der Waals surface area contributed by atoms with Crippen LogP contribution in [0.2, 0.25) is 0 Å². The number of aliphatic hydroxyl groups is 1. The molecule has 1 saturated heterocycles. The van der Waals surface area contributed by atoms with Crippen molar-refractivity contribution in [2.45, 2.75) is 25.5 Å². The van der Waals surface area contributed by atoms with Crippen LogP contribution in [0.4, 0.5) is 0 Å². The fourth-order valence-corrected chi connectivity index (χ4v) is 2.28. The number of rotatable bonds is 2. The minimum Gasteiger partial charge on any atom is -0.392 e. The molecule has 1 heterocycles. The lowest BCUT2D eigenvalue weighted by Gasteiger charge is -2.29. The van der Waals surface area contributed by atoms with E-state index in [0.717, 1.165) is 38.0 Å². The SMILES string of the molecule is NCC#Cc1ccc(CN2CCCC(O)C2)cc1. The standard InChI is InChI=1S/C15H20N2O/c16-9-1-3-13-5-7-14(8-6-13)11-17-10-2-4-15(18)12-17/h5-8,15,18H,2,4,9-12,16H2. The van der Waals surface area contributed by atoms with Gasteiger partial charge in [0.25, 0.3) is 0 Å². The number of benzene rings is 1. The maximum atomic E-state index is 9.63. The van der Waals surface area contributed by atoms with Crippen LogP contribution in [0.15, 0.2) is 24.3 Å². The van der Waals surface area contributed by atoms with Gasteiger partial charge in [-0.15, -0.1) is 0 Å². The van der Waals surface area contributed by atoms with Gasteiger partial charge >= 0.3 is 0 Å². The number of piperidine rings is 1. The van der Waals surface area contributed by atoms with Gasteiger partial charge in [0.1, 0.15) is 0 Å². The summed E-state index contributed by atoms with van der Waals surface area (Å²) in [5, 5.41) is 9.63. The van der Waals surface area contributed by atoms with Crippen molar-refractivity contribution in [3.63, 3.8) is 0 Å². The minimum absolute atomic E-state index is 0.159. The largest absolute Gasteiger partial charge is 0.392 e. The second kappa shape index (κ2) is 6.55. The zero-order valence-corrected chi connectivity index (χ0v) is 10.6. The molecule has 3 heteroatoms. The third-order valence-corrected chi connectivity index (χ3v) is 3.18. The molecule has 3 nitrogen and oxygen atoms in total. The lowest BCUT2D eigenvalue weighted by Crippen LogP contribution is -2.37. The predicted octanol–water partition coefficient (Wildman–Crippen LogP) is 0.953. The Bertz CT molecular complexity index is 430. The molecule has 0 spiro atoms. The second-order valence-electron chi connectivity index (χ2n) is 4.73. The van der Waals surface area contributed by atoms with Crippen molar-refractivity contribution in [3.8, 4) is 11.8 Å². The molecule has 2 rings (SSSR count). The molecular formula is C15H20N2O. The van der Waals surface area contributed by atoms with Gasteiger partial charge in [0.2, 0.25) is 0 Å². The normalized spacial score (nSPS) is 20.2. The number of β-amino-alcohol motifs (C(OH)–C–C–N with tert-alkyl or cyclic N) is 1. The van der Waals surface area contributed by atoms with Crippen LogP contribution in [0.3, 0.4) is 0 Å². The van der Waals surface area contributed by atoms with Gasteiger partial charge in [0.15, 0.2) is 0 Å². The molecule has 1 fully saturated rings. The molecule has 1 aliphatic heterocycles. The number of nitrogens with zero attached hydrogens (tertiary/aromatic N) is 1. The maximum Gasteiger partial charge on any atom is 0.0667 e. The summed E-state index contributed by atoms with van der Waals surface area (Å²) < 4.78 is 0. The van der Waals surface area contributed by atoms with Gasteiger partial charge in [-0.1, -0.05) is 24.0 Å². The number of hydrogen-bond donors (Lipinski definition) is 2. The van der Waals surface area contributed by atoms with E-state index in [4.69, 9.17) is 5.73 Å². The number of aliphatic hydroxyl groups excluding tert-OH is 1. The summed E-state index contributed by atoms with van der Waals surface area (Å²) in [7, 11) is 0. The van der Waals surface area contributed by atoms with Crippen LogP contribution in [-0.2, 0) is 6.54 Å². The van der Waals surface area contributed by atoms with Crippen LogP contribution in [0.5, 0.6) is 0 Å². The number of nitrogens with two attached hydrogens (primary N) is 1. The molecule has 0 bridgehead atoms. The van der Waals surface area contributed by atoms with Crippen LogP contribution in [0.1, 0.15) is 24.0 Å². The molecule has 3 N–H and O–H groups in total. The number of hydrogen-bond acceptors (Lipinski definition) is 3. The van der Waals surface area contributed by atoms with E-state index < -0.39 is 0 Å². The van der Waals surface area contributed by atoms with Gasteiger partial charge in [0, 0.05) is 18.7 Å². The van der Waals surface area contributed by atoms with Crippen molar-refractivity contribution in [2.75, 3.05) is 19.6 Å². The van der Waals surface area contributed by atoms with Crippen LogP contribution < -0.4 is 5.73 Å². The molecule has 1 aromatic rings. The molecular weight excluding hydrogens is 224 g/mol. The highest BCUT2D eigenvalue weighted by molar-refractivity contribution is 5.36. The fourth-order valence-electron chi connectivity index (χ4n) is 2.28. The lowest BCUT2D eigenvalue weighted by atomic mass is 10.1. The van der Waals surface area contributed by atoms with Gasteiger partial charge in [-0.2, -0.15) is 0 Å².